The van der Waals surface area contributed by atoms with Crippen molar-refractivity contribution in [2.75, 3.05) is 0 Å². The van der Waals surface area contributed by atoms with Crippen molar-refractivity contribution in [3.05, 3.63) is 69.7 Å². The van der Waals surface area contributed by atoms with Gasteiger partial charge in [-0.25, -0.2) is 0 Å². The van der Waals surface area contributed by atoms with E-state index in [1.807, 2.05) is 6.92 Å². The lowest BCUT2D eigenvalue weighted by atomic mass is 9.77. The van der Waals surface area contributed by atoms with E-state index in [1.165, 1.54) is 23.3 Å². The van der Waals surface area contributed by atoms with Crippen molar-refractivity contribution in [2.24, 2.45) is 0 Å². The maximum absolute atomic E-state index is 13.1. The first-order valence-electron chi connectivity index (χ1n) is 9.39. The van der Waals surface area contributed by atoms with Gasteiger partial charge in [0, 0.05) is 0 Å². The highest BCUT2D eigenvalue weighted by Gasteiger charge is 2.33. The lowest BCUT2D eigenvalue weighted by molar-refractivity contribution is -0.137. The molecule has 1 unspecified atom stereocenters. The number of hydrogen-bond donors (Lipinski definition) is 0. The standard InChI is InChI=1S/C23H28ClF3/c1-15(2)17-7-6-8-19(13-17)22(4,5)12-11-16(3)18-9-10-21(24)20(14-18)23(25,26)27/h6-10,13-16H,11-12H2,1-5H3. The Labute approximate surface area is 165 Å². The Bertz CT molecular complexity index is 775. The van der Waals surface area contributed by atoms with Crippen LogP contribution in [0.2, 0.25) is 5.02 Å². The molecule has 0 saturated carbocycles. The predicted octanol–water partition coefficient (Wildman–Crippen LogP) is 8.34. The molecule has 2 rings (SSSR count). The van der Waals surface area contributed by atoms with Gasteiger partial charge in [0.15, 0.2) is 0 Å². The van der Waals surface area contributed by atoms with Gasteiger partial charge in [-0.3, -0.25) is 0 Å². The van der Waals surface area contributed by atoms with E-state index < -0.39 is 11.7 Å². The largest absolute Gasteiger partial charge is 0.417 e. The minimum absolute atomic E-state index is 0.0240. The molecule has 4 heteroatoms. The van der Waals surface area contributed by atoms with E-state index in [4.69, 9.17) is 11.6 Å². The molecule has 0 saturated heterocycles. The molecular weight excluding hydrogens is 369 g/mol. The Balaban J connectivity index is 2.15. The van der Waals surface area contributed by atoms with Gasteiger partial charge in [-0.05, 0) is 58.9 Å². The molecule has 27 heavy (non-hydrogen) atoms. The van der Waals surface area contributed by atoms with Gasteiger partial charge in [0.2, 0.25) is 0 Å². The van der Waals surface area contributed by atoms with Crippen molar-refractivity contribution in [1.82, 2.24) is 0 Å². The van der Waals surface area contributed by atoms with Crippen molar-refractivity contribution in [2.45, 2.75) is 70.9 Å². The summed E-state index contributed by atoms with van der Waals surface area (Å²) in [5.74, 6) is 0.491. The molecule has 0 fully saturated rings. The van der Waals surface area contributed by atoms with Crippen molar-refractivity contribution < 1.29 is 13.2 Å². The van der Waals surface area contributed by atoms with Crippen molar-refractivity contribution in [3.63, 3.8) is 0 Å². The highest BCUT2D eigenvalue weighted by molar-refractivity contribution is 6.31. The fraction of sp³-hybridized carbons (Fsp3) is 0.478. The molecule has 0 heterocycles. The smallest absolute Gasteiger partial charge is 0.166 e. The first-order valence-corrected chi connectivity index (χ1v) is 9.76. The van der Waals surface area contributed by atoms with Gasteiger partial charge in [0.05, 0.1) is 10.6 Å². The molecule has 0 aliphatic carbocycles. The third-order valence-corrected chi connectivity index (χ3v) is 5.73. The third kappa shape index (κ3) is 5.51. The summed E-state index contributed by atoms with van der Waals surface area (Å²) in [7, 11) is 0. The topological polar surface area (TPSA) is 0 Å². The zero-order chi connectivity index (χ0) is 20.4. The summed E-state index contributed by atoms with van der Waals surface area (Å²) >= 11 is 5.74. The lowest BCUT2D eigenvalue weighted by Gasteiger charge is -2.28. The number of benzene rings is 2. The molecule has 0 aromatic heterocycles. The molecule has 0 aliphatic rings. The number of hydrogen-bond acceptors (Lipinski definition) is 0. The summed E-state index contributed by atoms with van der Waals surface area (Å²) in [4.78, 5) is 0. The fourth-order valence-corrected chi connectivity index (χ4v) is 3.50. The van der Waals surface area contributed by atoms with E-state index in [1.54, 1.807) is 6.07 Å². The number of rotatable bonds is 6. The third-order valence-electron chi connectivity index (χ3n) is 5.40. The Morgan fingerprint density at radius 2 is 1.59 bits per heavy atom. The Morgan fingerprint density at radius 1 is 0.926 bits per heavy atom. The van der Waals surface area contributed by atoms with Crippen LogP contribution in [0.25, 0.3) is 0 Å². The fourth-order valence-electron chi connectivity index (χ4n) is 3.27. The SMILES string of the molecule is CC(C)c1cccc(C(C)(C)CCC(C)c2ccc(Cl)c(C(F)(F)F)c2)c1. The van der Waals surface area contributed by atoms with Gasteiger partial charge < -0.3 is 0 Å². The summed E-state index contributed by atoms with van der Waals surface area (Å²) in [5.41, 5.74) is 2.46. The maximum atomic E-state index is 13.1. The van der Waals surface area contributed by atoms with Crippen LogP contribution in [0, 0.1) is 0 Å². The molecule has 0 spiro atoms. The molecule has 0 N–H and O–H groups in total. The van der Waals surface area contributed by atoms with Gasteiger partial charge in [-0.2, -0.15) is 13.2 Å². The normalized spacial score (nSPS) is 13.9. The molecule has 0 aliphatic heterocycles. The Kier molecular flexibility index (Phi) is 6.68. The van der Waals surface area contributed by atoms with Crippen LogP contribution in [0.5, 0.6) is 0 Å². The summed E-state index contributed by atoms with van der Waals surface area (Å²) in [6, 6.07) is 12.9. The Morgan fingerprint density at radius 3 is 2.19 bits per heavy atom. The van der Waals surface area contributed by atoms with Gasteiger partial charge in [-0.15, -0.1) is 0 Å². The van der Waals surface area contributed by atoms with Gasteiger partial charge in [-0.1, -0.05) is 76.6 Å². The predicted molar refractivity (Wildman–Crippen MR) is 108 cm³/mol. The number of alkyl halides is 3. The average Bonchev–Trinajstić information content (AvgIpc) is 2.59. The van der Waals surface area contributed by atoms with E-state index in [9.17, 15) is 13.2 Å². The van der Waals surface area contributed by atoms with Crippen LogP contribution in [-0.4, -0.2) is 0 Å². The summed E-state index contributed by atoms with van der Waals surface area (Å²) in [6.45, 7) is 10.7. The quantitative estimate of drug-likeness (QED) is 0.460. The van der Waals surface area contributed by atoms with Gasteiger partial charge in [0.25, 0.3) is 0 Å². The maximum Gasteiger partial charge on any atom is 0.417 e. The highest BCUT2D eigenvalue weighted by Crippen LogP contribution is 2.38. The zero-order valence-corrected chi connectivity index (χ0v) is 17.4. The van der Waals surface area contributed by atoms with Gasteiger partial charge >= 0.3 is 6.18 Å². The van der Waals surface area contributed by atoms with Crippen LogP contribution >= 0.6 is 11.6 Å². The molecule has 2 aromatic rings. The minimum atomic E-state index is -4.43. The molecular formula is C23H28ClF3. The van der Waals surface area contributed by atoms with Crippen LogP contribution in [0.1, 0.15) is 81.5 Å². The van der Waals surface area contributed by atoms with Crippen LogP contribution in [0.4, 0.5) is 13.2 Å². The average molecular weight is 397 g/mol. The van der Waals surface area contributed by atoms with Crippen LogP contribution < -0.4 is 0 Å². The van der Waals surface area contributed by atoms with Crippen molar-refractivity contribution in [3.8, 4) is 0 Å². The van der Waals surface area contributed by atoms with Gasteiger partial charge in [0.1, 0.15) is 0 Å². The first-order chi connectivity index (χ1) is 12.4. The molecule has 0 radical (unpaired) electrons. The van der Waals surface area contributed by atoms with Crippen LogP contribution in [0.3, 0.4) is 0 Å². The lowest BCUT2D eigenvalue weighted by Crippen LogP contribution is -2.18. The summed E-state index contributed by atoms with van der Waals surface area (Å²) in [6.07, 6.45) is -2.74. The summed E-state index contributed by atoms with van der Waals surface area (Å²) in [5, 5.41) is -0.246. The van der Waals surface area contributed by atoms with E-state index in [0.717, 1.165) is 12.8 Å². The minimum Gasteiger partial charge on any atom is -0.166 e. The van der Waals surface area contributed by atoms with Crippen molar-refractivity contribution >= 4 is 11.6 Å². The second-order valence-electron chi connectivity index (χ2n) is 8.34. The molecule has 148 valence electrons. The first kappa shape index (κ1) is 21.8. The van der Waals surface area contributed by atoms with E-state index in [2.05, 4.69) is 52.0 Å². The Hall–Kier alpha value is -1.48. The second kappa shape index (κ2) is 8.26. The van der Waals surface area contributed by atoms with E-state index in [0.29, 0.717) is 11.5 Å². The molecule has 0 bridgehead atoms. The highest BCUT2D eigenvalue weighted by atomic mass is 35.5. The van der Waals surface area contributed by atoms with E-state index in [-0.39, 0.29) is 16.4 Å². The van der Waals surface area contributed by atoms with E-state index >= 15 is 0 Å². The zero-order valence-electron chi connectivity index (χ0n) is 16.6. The molecule has 1 atom stereocenters. The molecule has 0 nitrogen and oxygen atoms in total. The van der Waals surface area contributed by atoms with Crippen LogP contribution in [-0.2, 0) is 11.6 Å². The van der Waals surface area contributed by atoms with Crippen molar-refractivity contribution in [1.29, 1.82) is 0 Å². The molecule has 0 amide bonds. The van der Waals surface area contributed by atoms with Crippen LogP contribution in [0.15, 0.2) is 42.5 Å². The summed E-state index contributed by atoms with van der Waals surface area (Å²) < 4.78 is 39.3. The monoisotopic (exact) mass is 396 g/mol. The second-order valence-corrected chi connectivity index (χ2v) is 8.75. The molecule has 2 aromatic carbocycles. The number of halogens is 4.